The summed E-state index contributed by atoms with van der Waals surface area (Å²) in [5.74, 6) is 0.737. The lowest BCUT2D eigenvalue weighted by Gasteiger charge is -2.13. The zero-order chi connectivity index (χ0) is 18.7. The highest BCUT2D eigenvalue weighted by atomic mass is 16.5. The summed E-state index contributed by atoms with van der Waals surface area (Å²) in [6.07, 6.45) is 3.70. The number of imidazole rings is 1. The Kier molecular flexibility index (Phi) is 4.79. The first-order valence-electron chi connectivity index (χ1n) is 7.98. The number of hydrogen-bond donors (Lipinski definition) is 3. The fourth-order valence-electron chi connectivity index (χ4n) is 2.74. The Morgan fingerprint density at radius 2 is 1.85 bits per heavy atom. The van der Waals surface area contributed by atoms with E-state index in [-0.39, 0.29) is 11.6 Å². The third-order valence-corrected chi connectivity index (χ3v) is 3.89. The van der Waals surface area contributed by atoms with Crippen molar-refractivity contribution in [1.29, 1.82) is 0 Å². The molecule has 26 heavy (non-hydrogen) atoms. The molecule has 7 heteroatoms. The number of amides is 1. The normalized spacial score (nSPS) is 11.0. The molecule has 0 bridgehead atoms. The quantitative estimate of drug-likeness (QED) is 0.656. The molecule has 0 fully saturated rings. The summed E-state index contributed by atoms with van der Waals surface area (Å²) in [4.78, 5) is 29.3. The second-order valence-corrected chi connectivity index (χ2v) is 5.59. The Hall–Kier alpha value is -3.48. The summed E-state index contributed by atoms with van der Waals surface area (Å²) in [7, 11) is 3.08. The standard InChI is InChI=1S/C19H19N3O4/c1-4-5-11-8-12(9-16(25-2)17(11)26-3)18(23)20-13-6-7-14-15(10-13)22-19(24)21-14/h4-10H,1-3H3,(H,20,23)(H2,21,22,24)/b5-4+. The van der Waals surface area contributed by atoms with Gasteiger partial charge in [-0.05, 0) is 37.3 Å². The predicted octanol–water partition coefficient (Wildman–Crippen LogP) is 3.16. The highest BCUT2D eigenvalue weighted by Gasteiger charge is 2.15. The number of H-pyrrole nitrogens is 2. The van der Waals surface area contributed by atoms with Gasteiger partial charge in [-0.2, -0.15) is 0 Å². The van der Waals surface area contributed by atoms with Crippen molar-refractivity contribution in [2.45, 2.75) is 6.92 Å². The van der Waals surface area contributed by atoms with Crippen molar-refractivity contribution in [2.24, 2.45) is 0 Å². The molecule has 0 atom stereocenters. The number of anilines is 1. The number of carbonyl (C=O) groups excluding carboxylic acids is 1. The number of hydrogen-bond acceptors (Lipinski definition) is 4. The van der Waals surface area contributed by atoms with Gasteiger partial charge in [-0.3, -0.25) is 4.79 Å². The van der Waals surface area contributed by atoms with Crippen LogP contribution in [0.15, 0.2) is 41.2 Å². The summed E-state index contributed by atoms with van der Waals surface area (Å²) in [5, 5.41) is 2.82. The van der Waals surface area contributed by atoms with Crippen molar-refractivity contribution in [3.63, 3.8) is 0 Å². The van der Waals surface area contributed by atoms with Crippen LogP contribution in [0.5, 0.6) is 11.5 Å². The Balaban J connectivity index is 1.95. The van der Waals surface area contributed by atoms with Gasteiger partial charge in [0, 0.05) is 16.8 Å². The third kappa shape index (κ3) is 3.32. The monoisotopic (exact) mass is 353 g/mol. The van der Waals surface area contributed by atoms with Crippen LogP contribution in [0.4, 0.5) is 5.69 Å². The summed E-state index contributed by atoms with van der Waals surface area (Å²) in [5.41, 5.74) is 2.74. The van der Waals surface area contributed by atoms with Crippen LogP contribution >= 0.6 is 0 Å². The molecule has 0 aliphatic rings. The van der Waals surface area contributed by atoms with Crippen LogP contribution in [-0.2, 0) is 0 Å². The molecule has 1 aromatic heterocycles. The van der Waals surface area contributed by atoms with E-state index in [2.05, 4.69) is 15.3 Å². The zero-order valence-electron chi connectivity index (χ0n) is 14.7. The summed E-state index contributed by atoms with van der Waals surface area (Å²) >= 11 is 0. The van der Waals surface area contributed by atoms with E-state index in [0.717, 1.165) is 5.56 Å². The van der Waals surface area contributed by atoms with Crippen LogP contribution in [0.1, 0.15) is 22.8 Å². The molecular formula is C19H19N3O4. The SMILES string of the molecule is C/C=C/c1cc(C(=O)Nc2ccc3[nH]c(=O)[nH]c3c2)cc(OC)c1OC. The van der Waals surface area contributed by atoms with Crippen molar-refractivity contribution >= 4 is 28.7 Å². The molecular weight excluding hydrogens is 334 g/mol. The number of aromatic amines is 2. The second-order valence-electron chi connectivity index (χ2n) is 5.59. The highest BCUT2D eigenvalue weighted by Crippen LogP contribution is 2.33. The Bertz CT molecular complexity index is 1050. The van der Waals surface area contributed by atoms with E-state index in [0.29, 0.717) is 33.8 Å². The van der Waals surface area contributed by atoms with Gasteiger partial charge in [-0.15, -0.1) is 0 Å². The lowest BCUT2D eigenvalue weighted by Crippen LogP contribution is -2.12. The van der Waals surface area contributed by atoms with Gasteiger partial charge in [-0.25, -0.2) is 4.79 Å². The number of nitrogens with one attached hydrogen (secondary N) is 3. The number of fused-ring (bicyclic) bond motifs is 1. The van der Waals surface area contributed by atoms with E-state index in [1.807, 2.05) is 19.1 Å². The number of ether oxygens (including phenoxy) is 2. The molecule has 0 saturated heterocycles. The van der Waals surface area contributed by atoms with E-state index in [1.165, 1.54) is 7.11 Å². The number of methoxy groups -OCH3 is 2. The van der Waals surface area contributed by atoms with Gasteiger partial charge in [-0.1, -0.05) is 12.2 Å². The molecule has 3 aromatic rings. The Morgan fingerprint density at radius 3 is 2.54 bits per heavy atom. The van der Waals surface area contributed by atoms with E-state index < -0.39 is 0 Å². The van der Waals surface area contributed by atoms with Gasteiger partial charge >= 0.3 is 5.69 Å². The van der Waals surface area contributed by atoms with Crippen molar-refractivity contribution in [3.05, 3.63) is 58.0 Å². The molecule has 3 rings (SSSR count). The summed E-state index contributed by atoms with van der Waals surface area (Å²) in [6.45, 7) is 1.88. The molecule has 3 N–H and O–H groups in total. The first-order chi connectivity index (χ1) is 12.5. The Morgan fingerprint density at radius 1 is 1.08 bits per heavy atom. The zero-order valence-corrected chi connectivity index (χ0v) is 14.7. The van der Waals surface area contributed by atoms with Crippen molar-refractivity contribution in [3.8, 4) is 11.5 Å². The summed E-state index contributed by atoms with van der Waals surface area (Å²) < 4.78 is 10.7. The maximum Gasteiger partial charge on any atom is 0.323 e. The van der Waals surface area contributed by atoms with Crippen molar-refractivity contribution in [2.75, 3.05) is 19.5 Å². The maximum atomic E-state index is 12.7. The van der Waals surface area contributed by atoms with Crippen molar-refractivity contribution < 1.29 is 14.3 Å². The predicted molar refractivity (Wildman–Crippen MR) is 101 cm³/mol. The van der Waals surface area contributed by atoms with Crippen LogP contribution in [0.25, 0.3) is 17.1 Å². The third-order valence-electron chi connectivity index (χ3n) is 3.89. The van der Waals surface area contributed by atoms with Crippen LogP contribution in [0, 0.1) is 0 Å². The minimum atomic E-state index is -0.297. The average molecular weight is 353 g/mol. The van der Waals surface area contributed by atoms with Crippen molar-refractivity contribution in [1.82, 2.24) is 9.97 Å². The lowest BCUT2D eigenvalue weighted by atomic mass is 10.1. The van der Waals surface area contributed by atoms with Gasteiger partial charge in [0.2, 0.25) is 0 Å². The smallest absolute Gasteiger partial charge is 0.323 e. The minimum absolute atomic E-state index is 0.292. The van der Waals surface area contributed by atoms with Gasteiger partial charge in [0.25, 0.3) is 5.91 Å². The van der Waals surface area contributed by atoms with Gasteiger partial charge in [0.1, 0.15) is 0 Å². The fraction of sp³-hybridized carbons (Fsp3) is 0.158. The number of benzene rings is 2. The first-order valence-corrected chi connectivity index (χ1v) is 7.98. The van der Waals surface area contributed by atoms with Gasteiger partial charge < -0.3 is 24.8 Å². The topological polar surface area (TPSA) is 96.2 Å². The first kappa shape index (κ1) is 17.3. The molecule has 0 aliphatic carbocycles. The van der Waals surface area contributed by atoms with E-state index >= 15 is 0 Å². The molecule has 0 aliphatic heterocycles. The molecule has 2 aromatic carbocycles. The van der Waals surface area contributed by atoms with Crippen LogP contribution in [-0.4, -0.2) is 30.1 Å². The molecule has 7 nitrogen and oxygen atoms in total. The van der Waals surface area contributed by atoms with Crippen LogP contribution in [0.3, 0.4) is 0 Å². The van der Waals surface area contributed by atoms with Crippen LogP contribution < -0.4 is 20.5 Å². The minimum Gasteiger partial charge on any atom is -0.493 e. The molecule has 1 heterocycles. The maximum absolute atomic E-state index is 12.7. The molecule has 134 valence electrons. The van der Waals surface area contributed by atoms with E-state index in [4.69, 9.17) is 9.47 Å². The molecule has 0 spiro atoms. The number of rotatable bonds is 5. The molecule has 0 saturated carbocycles. The Labute approximate surface area is 149 Å². The second kappa shape index (κ2) is 7.18. The van der Waals surface area contributed by atoms with Gasteiger partial charge in [0.05, 0.1) is 25.3 Å². The largest absolute Gasteiger partial charge is 0.493 e. The number of aromatic nitrogens is 2. The molecule has 1 amide bonds. The fourth-order valence-corrected chi connectivity index (χ4v) is 2.74. The van der Waals surface area contributed by atoms with Crippen LogP contribution in [0.2, 0.25) is 0 Å². The highest BCUT2D eigenvalue weighted by molar-refractivity contribution is 6.05. The number of carbonyl (C=O) groups is 1. The lowest BCUT2D eigenvalue weighted by molar-refractivity contribution is 0.102. The van der Waals surface area contributed by atoms with Gasteiger partial charge in [0.15, 0.2) is 11.5 Å². The van der Waals surface area contributed by atoms with E-state index in [1.54, 1.807) is 37.4 Å². The molecule has 0 radical (unpaired) electrons. The summed E-state index contributed by atoms with van der Waals surface area (Å²) in [6, 6.07) is 8.49. The average Bonchev–Trinajstić information content (AvgIpc) is 3.00. The van der Waals surface area contributed by atoms with E-state index in [9.17, 15) is 9.59 Å². The molecule has 0 unspecified atom stereocenters. The number of allylic oxidation sites excluding steroid dienone is 1.